The fraction of sp³-hybridized carbons (Fsp3) is 0.571. The van der Waals surface area contributed by atoms with Gasteiger partial charge in [0.15, 0.2) is 0 Å². The summed E-state index contributed by atoms with van der Waals surface area (Å²) in [5, 5.41) is 0. The predicted molar refractivity (Wildman–Crippen MR) is 132 cm³/mol. The molecule has 5 heteroatoms. The number of hydrogen-bond donors (Lipinski definition) is 0. The van der Waals surface area contributed by atoms with Gasteiger partial charge in [-0.3, -0.25) is 4.79 Å². The zero-order valence-electron chi connectivity index (χ0n) is 21.1. The fourth-order valence-corrected chi connectivity index (χ4v) is 4.74. The van der Waals surface area contributed by atoms with E-state index in [-0.39, 0.29) is 22.7 Å². The second kappa shape index (κ2) is 8.66. The Morgan fingerprint density at radius 3 is 2.30 bits per heavy atom. The fourth-order valence-electron chi connectivity index (χ4n) is 4.74. The number of amides is 1. The lowest BCUT2D eigenvalue weighted by atomic mass is 9.83. The molecular formula is C28H38N2O3. The maximum Gasteiger partial charge on any atom is 0.339 e. The van der Waals surface area contributed by atoms with Crippen LogP contribution in [0.2, 0.25) is 0 Å². The van der Waals surface area contributed by atoms with Crippen LogP contribution in [0.25, 0.3) is 5.69 Å². The van der Waals surface area contributed by atoms with Crippen LogP contribution in [0.4, 0.5) is 0 Å². The van der Waals surface area contributed by atoms with E-state index in [0.29, 0.717) is 23.4 Å². The van der Waals surface area contributed by atoms with E-state index in [4.69, 9.17) is 4.74 Å². The van der Waals surface area contributed by atoms with Crippen molar-refractivity contribution in [1.29, 1.82) is 0 Å². The van der Waals surface area contributed by atoms with Gasteiger partial charge in [0.05, 0.1) is 12.2 Å². The number of esters is 1. The molecular weight excluding hydrogens is 412 g/mol. The van der Waals surface area contributed by atoms with E-state index < -0.39 is 0 Å². The van der Waals surface area contributed by atoms with Gasteiger partial charge in [-0.15, -0.1) is 0 Å². The summed E-state index contributed by atoms with van der Waals surface area (Å²) in [5.41, 5.74) is 5.41. The molecule has 1 aliphatic heterocycles. The number of rotatable bonds is 5. The Kier molecular flexibility index (Phi) is 6.19. The third-order valence-electron chi connectivity index (χ3n) is 7.36. The zero-order valence-corrected chi connectivity index (χ0v) is 21.1. The van der Waals surface area contributed by atoms with Crippen LogP contribution in [0.15, 0.2) is 24.4 Å². The molecule has 2 heterocycles. The van der Waals surface area contributed by atoms with Crippen molar-refractivity contribution >= 4 is 11.9 Å². The molecule has 0 N–H and O–H groups in total. The van der Waals surface area contributed by atoms with Crippen LogP contribution >= 0.6 is 0 Å². The molecule has 0 bridgehead atoms. The summed E-state index contributed by atoms with van der Waals surface area (Å²) in [5.74, 6) is -0.370. The Labute approximate surface area is 198 Å². The van der Waals surface area contributed by atoms with Gasteiger partial charge < -0.3 is 14.2 Å². The van der Waals surface area contributed by atoms with Crippen molar-refractivity contribution in [2.75, 3.05) is 19.7 Å². The first-order chi connectivity index (χ1) is 15.5. The summed E-state index contributed by atoms with van der Waals surface area (Å²) >= 11 is 0. The van der Waals surface area contributed by atoms with Gasteiger partial charge in [0.2, 0.25) is 0 Å². The molecule has 1 aliphatic carbocycles. The molecule has 1 amide bonds. The van der Waals surface area contributed by atoms with Gasteiger partial charge in [-0.25, -0.2) is 4.79 Å². The first-order valence-corrected chi connectivity index (χ1v) is 12.4. The monoisotopic (exact) mass is 450 g/mol. The van der Waals surface area contributed by atoms with Gasteiger partial charge in [0.1, 0.15) is 5.69 Å². The second-order valence-corrected chi connectivity index (χ2v) is 11.0. The Morgan fingerprint density at radius 2 is 1.73 bits per heavy atom. The highest BCUT2D eigenvalue weighted by molar-refractivity contribution is 6.00. The minimum Gasteiger partial charge on any atom is -0.462 e. The van der Waals surface area contributed by atoms with E-state index in [1.54, 1.807) is 6.92 Å². The summed E-state index contributed by atoms with van der Waals surface area (Å²) < 4.78 is 7.27. The molecule has 1 aromatic heterocycles. The SMILES string of the molecule is CCOC(=O)c1cn(-c2cc(C(C)(C)C)cc(C3(C)CC3)c2)c(C(=O)N2CCCCC2)c1C. The number of likely N-dealkylation sites (tertiary alicyclic amines) is 1. The van der Waals surface area contributed by atoms with Crippen LogP contribution in [0.1, 0.15) is 104 Å². The number of hydrogen-bond acceptors (Lipinski definition) is 3. The van der Waals surface area contributed by atoms with Gasteiger partial charge in [-0.2, -0.15) is 0 Å². The maximum atomic E-state index is 13.7. The van der Waals surface area contributed by atoms with Crippen molar-refractivity contribution in [2.24, 2.45) is 0 Å². The third-order valence-corrected chi connectivity index (χ3v) is 7.36. The lowest BCUT2D eigenvalue weighted by molar-refractivity contribution is 0.0525. The minimum atomic E-state index is -0.372. The van der Waals surface area contributed by atoms with E-state index in [9.17, 15) is 9.59 Å². The summed E-state index contributed by atoms with van der Waals surface area (Å²) in [4.78, 5) is 28.4. The van der Waals surface area contributed by atoms with Gasteiger partial charge in [-0.05, 0) is 85.6 Å². The van der Waals surface area contributed by atoms with Crippen molar-refractivity contribution in [1.82, 2.24) is 9.47 Å². The van der Waals surface area contributed by atoms with Gasteiger partial charge in [-0.1, -0.05) is 33.8 Å². The zero-order chi connectivity index (χ0) is 24.0. The molecule has 5 nitrogen and oxygen atoms in total. The first kappa shape index (κ1) is 23.6. The maximum absolute atomic E-state index is 13.7. The molecule has 0 atom stereocenters. The van der Waals surface area contributed by atoms with Gasteiger partial charge >= 0.3 is 5.97 Å². The highest BCUT2D eigenvalue weighted by Crippen LogP contribution is 2.49. The predicted octanol–water partition coefficient (Wildman–Crippen LogP) is 5.94. The molecule has 0 spiro atoms. The molecule has 1 saturated carbocycles. The quantitative estimate of drug-likeness (QED) is 0.530. The van der Waals surface area contributed by atoms with Crippen LogP contribution in [0.3, 0.4) is 0 Å². The molecule has 0 radical (unpaired) electrons. The largest absolute Gasteiger partial charge is 0.462 e. The van der Waals surface area contributed by atoms with Crippen molar-refractivity contribution in [3.05, 3.63) is 52.3 Å². The Balaban J connectivity index is 1.90. The third kappa shape index (κ3) is 4.60. The van der Waals surface area contributed by atoms with E-state index in [0.717, 1.165) is 38.0 Å². The van der Waals surface area contributed by atoms with Gasteiger partial charge in [0.25, 0.3) is 5.91 Å². The smallest absolute Gasteiger partial charge is 0.339 e. The van der Waals surface area contributed by atoms with E-state index in [2.05, 4.69) is 45.9 Å². The molecule has 4 rings (SSSR count). The summed E-state index contributed by atoms with van der Waals surface area (Å²) in [6, 6.07) is 6.71. The van der Waals surface area contributed by atoms with Crippen LogP contribution in [-0.4, -0.2) is 41.0 Å². The lowest BCUT2D eigenvalue weighted by Crippen LogP contribution is -2.37. The van der Waals surface area contributed by atoms with Crippen LogP contribution in [-0.2, 0) is 15.6 Å². The number of piperidine rings is 1. The second-order valence-electron chi connectivity index (χ2n) is 11.0. The normalized spacial score (nSPS) is 17.7. The molecule has 2 fully saturated rings. The van der Waals surface area contributed by atoms with Crippen LogP contribution in [0, 0.1) is 6.92 Å². The topological polar surface area (TPSA) is 51.5 Å². The van der Waals surface area contributed by atoms with Crippen LogP contribution in [0.5, 0.6) is 0 Å². The number of carbonyl (C=O) groups is 2. The Bertz CT molecular complexity index is 1040. The van der Waals surface area contributed by atoms with E-state index >= 15 is 0 Å². The average Bonchev–Trinajstić information content (AvgIpc) is 3.44. The Hall–Kier alpha value is -2.56. The molecule has 33 heavy (non-hydrogen) atoms. The number of benzene rings is 1. The van der Waals surface area contributed by atoms with Crippen molar-refractivity contribution in [3.63, 3.8) is 0 Å². The summed E-state index contributed by atoms with van der Waals surface area (Å²) in [6.07, 6.45) is 7.38. The summed E-state index contributed by atoms with van der Waals surface area (Å²) in [6.45, 7) is 14.5. The first-order valence-electron chi connectivity index (χ1n) is 12.4. The Morgan fingerprint density at radius 1 is 1.06 bits per heavy atom. The van der Waals surface area contributed by atoms with Crippen molar-refractivity contribution < 1.29 is 14.3 Å². The van der Waals surface area contributed by atoms with Gasteiger partial charge in [0, 0.05) is 25.0 Å². The number of ether oxygens (including phenoxy) is 1. The molecule has 1 saturated heterocycles. The number of aromatic nitrogens is 1. The van der Waals surface area contributed by atoms with Crippen molar-refractivity contribution in [3.8, 4) is 5.69 Å². The minimum absolute atomic E-state index is 0.00286. The molecule has 0 unspecified atom stereocenters. The van der Waals surface area contributed by atoms with Crippen molar-refractivity contribution in [2.45, 2.75) is 84.5 Å². The standard InChI is InChI=1S/C28H38N2O3/c1-7-33-26(32)23-18-30(24(19(23)2)25(31)29-13-9-8-10-14-29)22-16-20(27(3,4)5)15-21(17-22)28(6)11-12-28/h15-18H,7-14H2,1-6H3. The van der Waals surface area contributed by atoms with E-state index in [1.165, 1.54) is 24.0 Å². The number of carbonyl (C=O) groups excluding carboxylic acids is 2. The molecule has 2 aliphatic rings. The lowest BCUT2D eigenvalue weighted by Gasteiger charge is -2.28. The van der Waals surface area contributed by atoms with Crippen LogP contribution < -0.4 is 0 Å². The average molecular weight is 451 g/mol. The number of nitrogens with zero attached hydrogens (tertiary/aromatic N) is 2. The molecule has 2 aromatic rings. The molecule has 178 valence electrons. The highest BCUT2D eigenvalue weighted by Gasteiger charge is 2.40. The summed E-state index contributed by atoms with van der Waals surface area (Å²) in [7, 11) is 0. The molecule has 1 aromatic carbocycles. The highest BCUT2D eigenvalue weighted by atomic mass is 16.5. The van der Waals surface area contributed by atoms with E-state index in [1.807, 2.05) is 22.6 Å².